The van der Waals surface area contributed by atoms with E-state index in [1.165, 1.54) is 12.8 Å². The van der Waals surface area contributed by atoms with Gasteiger partial charge in [-0.15, -0.1) is 0 Å². The molecule has 2 aliphatic rings. The van der Waals surface area contributed by atoms with Crippen LogP contribution >= 0.6 is 0 Å². The minimum Gasteiger partial charge on any atom is -0.353 e. The van der Waals surface area contributed by atoms with Crippen molar-refractivity contribution in [1.29, 1.82) is 5.26 Å². The quantitative estimate of drug-likeness (QED) is 0.908. The molecule has 6 heteroatoms. The van der Waals surface area contributed by atoms with Crippen molar-refractivity contribution in [2.45, 2.75) is 44.7 Å². The lowest BCUT2D eigenvalue weighted by Crippen LogP contribution is -2.55. The second-order valence-corrected chi connectivity index (χ2v) is 6.68. The lowest BCUT2D eigenvalue weighted by molar-refractivity contribution is -0.126. The average Bonchev–Trinajstić information content (AvgIpc) is 3.14. The lowest BCUT2D eigenvalue weighted by Gasteiger charge is -2.38. The summed E-state index contributed by atoms with van der Waals surface area (Å²) in [5.41, 5.74) is 0.609. The topological polar surface area (TPSA) is 72.3 Å². The van der Waals surface area contributed by atoms with Crippen LogP contribution in [0.2, 0.25) is 0 Å². The number of nitriles is 1. The number of aromatic nitrogens is 1. The molecule has 1 N–H and O–H groups in total. The minimum absolute atomic E-state index is 0.105. The minimum atomic E-state index is -0.105. The number of hydrogen-bond donors (Lipinski definition) is 1. The van der Waals surface area contributed by atoms with Gasteiger partial charge in [0, 0.05) is 38.4 Å². The van der Waals surface area contributed by atoms with Crippen molar-refractivity contribution >= 4 is 11.7 Å². The number of rotatable bonds is 4. The van der Waals surface area contributed by atoms with Crippen molar-refractivity contribution in [3.05, 3.63) is 23.9 Å². The number of nitrogens with one attached hydrogen (secondary N) is 1. The first kappa shape index (κ1) is 16.7. The number of anilines is 1. The summed E-state index contributed by atoms with van der Waals surface area (Å²) < 4.78 is 0. The molecule has 0 spiro atoms. The van der Waals surface area contributed by atoms with Gasteiger partial charge in [0.05, 0.1) is 11.6 Å². The second kappa shape index (κ2) is 7.63. The Kier molecular flexibility index (Phi) is 5.31. The van der Waals surface area contributed by atoms with Gasteiger partial charge >= 0.3 is 0 Å². The lowest BCUT2D eigenvalue weighted by atomic mass is 10.1. The molecule has 24 heavy (non-hydrogen) atoms. The fourth-order valence-corrected chi connectivity index (χ4v) is 3.62. The van der Waals surface area contributed by atoms with Crippen LogP contribution in [0.25, 0.3) is 0 Å². The van der Waals surface area contributed by atoms with Crippen LogP contribution in [0, 0.1) is 11.3 Å². The molecule has 1 saturated heterocycles. The van der Waals surface area contributed by atoms with Crippen molar-refractivity contribution in [1.82, 2.24) is 15.2 Å². The average molecular weight is 327 g/mol. The first-order chi connectivity index (χ1) is 11.7. The number of pyridine rings is 1. The van der Waals surface area contributed by atoms with Crippen LogP contribution < -0.4 is 10.2 Å². The van der Waals surface area contributed by atoms with E-state index in [2.05, 4.69) is 26.2 Å². The molecule has 1 atom stereocenters. The molecule has 0 aromatic carbocycles. The van der Waals surface area contributed by atoms with E-state index >= 15 is 0 Å². The summed E-state index contributed by atoms with van der Waals surface area (Å²) in [6.45, 7) is 5.17. The Labute approximate surface area is 143 Å². The monoisotopic (exact) mass is 327 g/mol. The molecule has 3 rings (SSSR count). The van der Waals surface area contributed by atoms with Gasteiger partial charge in [0.1, 0.15) is 11.9 Å². The Morgan fingerprint density at radius 3 is 2.71 bits per heavy atom. The van der Waals surface area contributed by atoms with Gasteiger partial charge in [-0.25, -0.2) is 4.98 Å². The zero-order chi connectivity index (χ0) is 16.9. The van der Waals surface area contributed by atoms with Crippen molar-refractivity contribution in [3.63, 3.8) is 0 Å². The number of amides is 1. The van der Waals surface area contributed by atoms with Crippen LogP contribution in [0.5, 0.6) is 0 Å². The van der Waals surface area contributed by atoms with Gasteiger partial charge in [0.25, 0.3) is 0 Å². The summed E-state index contributed by atoms with van der Waals surface area (Å²) >= 11 is 0. The van der Waals surface area contributed by atoms with Crippen LogP contribution in [0.1, 0.15) is 38.2 Å². The molecule has 128 valence electrons. The number of carbonyl (C=O) groups excluding carboxylic acids is 1. The zero-order valence-corrected chi connectivity index (χ0v) is 14.2. The Balaban J connectivity index is 1.54. The van der Waals surface area contributed by atoms with Crippen LogP contribution in [-0.4, -0.2) is 54.1 Å². The van der Waals surface area contributed by atoms with Crippen LogP contribution in [-0.2, 0) is 4.79 Å². The molecule has 6 nitrogen and oxygen atoms in total. The van der Waals surface area contributed by atoms with E-state index in [0.29, 0.717) is 11.6 Å². The van der Waals surface area contributed by atoms with Crippen molar-refractivity contribution < 1.29 is 4.79 Å². The summed E-state index contributed by atoms with van der Waals surface area (Å²) in [6, 6.07) is 6.05. The van der Waals surface area contributed by atoms with Gasteiger partial charge < -0.3 is 10.2 Å². The summed E-state index contributed by atoms with van der Waals surface area (Å²) in [5.74, 6) is 0.897. The first-order valence-corrected chi connectivity index (χ1v) is 8.83. The van der Waals surface area contributed by atoms with E-state index in [0.717, 1.165) is 44.8 Å². The highest BCUT2D eigenvalue weighted by molar-refractivity contribution is 5.81. The molecule has 2 heterocycles. The summed E-state index contributed by atoms with van der Waals surface area (Å²) in [7, 11) is 0. The molecule has 1 amide bonds. The standard InChI is InChI=1S/C18H25N5O/c1-14(18(24)21-16-6-2-3-7-16)22-9-11-23(12-10-22)17-15(13-19)5-4-8-20-17/h4-5,8,14,16H,2-3,6-7,9-12H2,1H3,(H,21,24). The Hall–Kier alpha value is -2.13. The number of nitrogens with zero attached hydrogens (tertiary/aromatic N) is 4. The molecule has 0 bridgehead atoms. The molecule has 1 aromatic rings. The van der Waals surface area contributed by atoms with E-state index in [4.69, 9.17) is 0 Å². The molecular weight excluding hydrogens is 302 g/mol. The zero-order valence-electron chi connectivity index (χ0n) is 14.2. The number of carbonyl (C=O) groups is 1. The van der Waals surface area contributed by atoms with E-state index in [1.807, 2.05) is 6.92 Å². The molecule has 1 saturated carbocycles. The SMILES string of the molecule is CC(C(=O)NC1CCCC1)N1CCN(c2ncccc2C#N)CC1. The predicted octanol–water partition coefficient (Wildman–Crippen LogP) is 1.52. The molecular formula is C18H25N5O. The van der Waals surface area contributed by atoms with E-state index in [9.17, 15) is 10.1 Å². The number of piperazine rings is 1. The molecule has 1 aliphatic heterocycles. The molecule has 1 aromatic heterocycles. The van der Waals surface area contributed by atoms with E-state index in [1.54, 1.807) is 18.3 Å². The van der Waals surface area contributed by atoms with Gasteiger partial charge in [-0.05, 0) is 31.9 Å². The maximum atomic E-state index is 12.4. The van der Waals surface area contributed by atoms with E-state index < -0.39 is 0 Å². The fraction of sp³-hybridized carbons (Fsp3) is 0.611. The van der Waals surface area contributed by atoms with Crippen LogP contribution in [0.4, 0.5) is 5.82 Å². The van der Waals surface area contributed by atoms with Gasteiger partial charge in [-0.3, -0.25) is 9.69 Å². The Morgan fingerprint density at radius 2 is 2.04 bits per heavy atom. The Bertz CT molecular complexity index is 612. The second-order valence-electron chi connectivity index (χ2n) is 6.68. The fourth-order valence-electron chi connectivity index (χ4n) is 3.62. The molecule has 1 aliphatic carbocycles. The smallest absolute Gasteiger partial charge is 0.237 e. The van der Waals surface area contributed by atoms with Crippen LogP contribution in [0.15, 0.2) is 18.3 Å². The summed E-state index contributed by atoms with van der Waals surface area (Å²) in [6.07, 6.45) is 6.40. The third-order valence-electron chi connectivity index (χ3n) is 5.15. The van der Waals surface area contributed by atoms with Gasteiger partial charge in [0.15, 0.2) is 0 Å². The highest BCUT2D eigenvalue weighted by atomic mass is 16.2. The third kappa shape index (κ3) is 3.68. The van der Waals surface area contributed by atoms with Gasteiger partial charge in [0.2, 0.25) is 5.91 Å². The van der Waals surface area contributed by atoms with Crippen molar-refractivity contribution in [3.8, 4) is 6.07 Å². The highest BCUT2D eigenvalue weighted by Crippen LogP contribution is 2.20. The maximum absolute atomic E-state index is 12.4. The summed E-state index contributed by atoms with van der Waals surface area (Å²) in [4.78, 5) is 21.1. The van der Waals surface area contributed by atoms with E-state index in [-0.39, 0.29) is 11.9 Å². The molecule has 2 fully saturated rings. The normalized spacial score (nSPS) is 20.6. The Morgan fingerprint density at radius 1 is 1.33 bits per heavy atom. The predicted molar refractivity (Wildman–Crippen MR) is 92.6 cm³/mol. The molecule has 0 radical (unpaired) electrons. The van der Waals surface area contributed by atoms with Gasteiger partial charge in [-0.2, -0.15) is 5.26 Å². The highest BCUT2D eigenvalue weighted by Gasteiger charge is 2.28. The molecule has 1 unspecified atom stereocenters. The third-order valence-corrected chi connectivity index (χ3v) is 5.15. The van der Waals surface area contributed by atoms with Crippen molar-refractivity contribution in [2.75, 3.05) is 31.1 Å². The summed E-state index contributed by atoms with van der Waals surface area (Å²) in [5, 5.41) is 12.4. The number of hydrogen-bond acceptors (Lipinski definition) is 5. The van der Waals surface area contributed by atoms with Crippen molar-refractivity contribution in [2.24, 2.45) is 0 Å². The van der Waals surface area contributed by atoms with Gasteiger partial charge in [-0.1, -0.05) is 12.8 Å². The largest absolute Gasteiger partial charge is 0.353 e. The maximum Gasteiger partial charge on any atom is 0.237 e. The first-order valence-electron chi connectivity index (χ1n) is 8.83. The van der Waals surface area contributed by atoms with Crippen LogP contribution in [0.3, 0.4) is 0 Å².